The molecule has 0 N–H and O–H groups in total. The van der Waals surface area contributed by atoms with Gasteiger partial charge in [-0.3, -0.25) is 0 Å². The summed E-state index contributed by atoms with van der Waals surface area (Å²) in [5.74, 6) is -3.01. The van der Waals surface area contributed by atoms with Crippen LogP contribution >= 0.6 is 0 Å². The number of benzene rings is 2. The van der Waals surface area contributed by atoms with Gasteiger partial charge in [-0.25, -0.2) is 13.2 Å². The molecule has 96 valence electrons. The monoisotopic (exact) mass is 261 g/mol. The van der Waals surface area contributed by atoms with Crippen LogP contribution in [0.2, 0.25) is 0 Å². The van der Waals surface area contributed by atoms with E-state index in [0.717, 1.165) is 17.0 Å². The Bertz CT molecular complexity index is 774. The molecule has 1 nitrogen and oxygen atoms in total. The molecule has 0 aliphatic rings. The molecule has 0 saturated heterocycles. The van der Waals surface area contributed by atoms with Crippen molar-refractivity contribution < 1.29 is 13.2 Å². The molecule has 0 radical (unpaired) electrons. The van der Waals surface area contributed by atoms with Crippen LogP contribution in [0.25, 0.3) is 22.2 Å². The van der Waals surface area contributed by atoms with Crippen molar-refractivity contribution in [2.75, 3.05) is 0 Å². The van der Waals surface area contributed by atoms with Crippen LogP contribution in [0.1, 0.15) is 0 Å². The van der Waals surface area contributed by atoms with Gasteiger partial charge in [0.05, 0.1) is 5.69 Å². The van der Waals surface area contributed by atoms with Gasteiger partial charge in [0.25, 0.3) is 0 Å². The van der Waals surface area contributed by atoms with Gasteiger partial charge in [0.1, 0.15) is 5.82 Å². The lowest BCUT2D eigenvalue weighted by atomic mass is 10.1. The predicted octanol–water partition coefficient (Wildman–Crippen LogP) is 4.26. The van der Waals surface area contributed by atoms with Gasteiger partial charge in [0.15, 0.2) is 11.6 Å². The van der Waals surface area contributed by atoms with E-state index in [0.29, 0.717) is 11.8 Å². The maximum Gasteiger partial charge on any atom is 0.161 e. The summed E-state index contributed by atoms with van der Waals surface area (Å²) in [5.41, 5.74) is 1.47. The third-order valence-electron chi connectivity index (χ3n) is 3.24. The summed E-state index contributed by atoms with van der Waals surface area (Å²) in [5, 5.41) is 0.920. The summed E-state index contributed by atoms with van der Waals surface area (Å²) in [6.45, 7) is 0. The minimum absolute atomic E-state index is 0.0533. The minimum atomic E-state index is -1.18. The fraction of sp³-hybridized carbons (Fsp3) is 0.0667. The molecule has 0 spiro atoms. The third-order valence-corrected chi connectivity index (χ3v) is 3.24. The molecule has 19 heavy (non-hydrogen) atoms. The molecule has 0 amide bonds. The first-order valence-corrected chi connectivity index (χ1v) is 5.77. The first-order chi connectivity index (χ1) is 9.08. The van der Waals surface area contributed by atoms with Crippen LogP contribution in [0.5, 0.6) is 0 Å². The summed E-state index contributed by atoms with van der Waals surface area (Å²) in [7, 11) is 1.76. The van der Waals surface area contributed by atoms with Gasteiger partial charge in [-0.2, -0.15) is 0 Å². The molecule has 0 fully saturated rings. The first-order valence-electron chi connectivity index (χ1n) is 5.77. The zero-order valence-corrected chi connectivity index (χ0v) is 10.1. The molecular weight excluding hydrogens is 251 g/mol. The van der Waals surface area contributed by atoms with Crippen LogP contribution in [0.4, 0.5) is 13.2 Å². The molecule has 1 heterocycles. The molecule has 0 atom stereocenters. The van der Waals surface area contributed by atoms with E-state index in [1.807, 2.05) is 24.3 Å². The zero-order valence-electron chi connectivity index (χ0n) is 10.1. The molecule has 4 heteroatoms. The number of halogens is 3. The summed E-state index contributed by atoms with van der Waals surface area (Å²) < 4.78 is 41.8. The Morgan fingerprint density at radius 1 is 0.842 bits per heavy atom. The summed E-state index contributed by atoms with van der Waals surface area (Å²) in [6.07, 6.45) is 0. The smallest absolute Gasteiger partial charge is 0.161 e. The van der Waals surface area contributed by atoms with E-state index in [4.69, 9.17) is 0 Å². The second-order valence-electron chi connectivity index (χ2n) is 4.39. The van der Waals surface area contributed by atoms with E-state index < -0.39 is 17.5 Å². The Morgan fingerprint density at radius 3 is 2.26 bits per heavy atom. The van der Waals surface area contributed by atoms with Crippen molar-refractivity contribution in [1.82, 2.24) is 4.57 Å². The first kappa shape index (κ1) is 11.8. The predicted molar refractivity (Wildman–Crippen MR) is 68.2 cm³/mol. The van der Waals surface area contributed by atoms with Gasteiger partial charge >= 0.3 is 0 Å². The highest BCUT2D eigenvalue weighted by Crippen LogP contribution is 2.30. The van der Waals surface area contributed by atoms with Crippen LogP contribution in [0.3, 0.4) is 0 Å². The fourth-order valence-corrected chi connectivity index (χ4v) is 2.27. The van der Waals surface area contributed by atoms with Gasteiger partial charge in [-0.1, -0.05) is 18.2 Å². The van der Waals surface area contributed by atoms with E-state index in [1.54, 1.807) is 17.7 Å². The third kappa shape index (κ3) is 1.80. The summed E-state index contributed by atoms with van der Waals surface area (Å²) >= 11 is 0. The number of aromatic nitrogens is 1. The maximum absolute atomic E-state index is 13.8. The SMILES string of the molecule is Cn1c(-c2cc(F)c(F)cc2F)cc2ccccc21. The quantitative estimate of drug-likeness (QED) is 0.577. The average molecular weight is 261 g/mol. The zero-order chi connectivity index (χ0) is 13.6. The Kier molecular flexibility index (Phi) is 2.59. The molecule has 0 unspecified atom stereocenters. The number of nitrogens with zero attached hydrogens (tertiary/aromatic N) is 1. The number of aryl methyl sites for hydroxylation is 1. The summed E-state index contributed by atoms with van der Waals surface area (Å²) in [6, 6.07) is 10.7. The fourth-order valence-electron chi connectivity index (χ4n) is 2.27. The van der Waals surface area contributed by atoms with E-state index in [-0.39, 0.29) is 5.56 Å². The lowest BCUT2D eigenvalue weighted by molar-refractivity contribution is 0.496. The highest BCUT2D eigenvalue weighted by atomic mass is 19.2. The highest BCUT2D eigenvalue weighted by molar-refractivity contribution is 5.87. The van der Waals surface area contributed by atoms with Crippen LogP contribution in [-0.4, -0.2) is 4.57 Å². The van der Waals surface area contributed by atoms with Gasteiger partial charge in [-0.05, 0) is 18.2 Å². The van der Waals surface area contributed by atoms with Crippen molar-refractivity contribution in [1.29, 1.82) is 0 Å². The molecule has 1 aromatic heterocycles. The molecular formula is C15H10F3N. The lowest BCUT2D eigenvalue weighted by Crippen LogP contribution is -1.96. The molecule has 3 rings (SSSR count). The second-order valence-corrected chi connectivity index (χ2v) is 4.39. The highest BCUT2D eigenvalue weighted by Gasteiger charge is 2.15. The topological polar surface area (TPSA) is 4.93 Å². The largest absolute Gasteiger partial charge is 0.344 e. The second kappa shape index (κ2) is 4.16. The van der Waals surface area contributed by atoms with Crippen molar-refractivity contribution in [2.24, 2.45) is 7.05 Å². The van der Waals surface area contributed by atoms with E-state index in [9.17, 15) is 13.2 Å². The minimum Gasteiger partial charge on any atom is -0.344 e. The number of hydrogen-bond donors (Lipinski definition) is 0. The van der Waals surface area contributed by atoms with E-state index in [2.05, 4.69) is 0 Å². The summed E-state index contributed by atoms with van der Waals surface area (Å²) in [4.78, 5) is 0. The Labute approximate surface area is 107 Å². The number of rotatable bonds is 1. The van der Waals surface area contributed by atoms with Crippen molar-refractivity contribution >= 4 is 10.9 Å². The van der Waals surface area contributed by atoms with Crippen molar-refractivity contribution in [3.8, 4) is 11.3 Å². The van der Waals surface area contributed by atoms with Crippen LogP contribution in [-0.2, 0) is 7.05 Å². The molecule has 0 aliphatic heterocycles. The van der Waals surface area contributed by atoms with Crippen molar-refractivity contribution in [3.05, 3.63) is 59.9 Å². The van der Waals surface area contributed by atoms with E-state index in [1.165, 1.54) is 0 Å². The Morgan fingerprint density at radius 2 is 1.53 bits per heavy atom. The molecule has 3 aromatic rings. The van der Waals surface area contributed by atoms with Crippen LogP contribution in [0, 0.1) is 17.5 Å². The van der Waals surface area contributed by atoms with Gasteiger partial charge in [0, 0.05) is 29.6 Å². The average Bonchev–Trinajstić information content (AvgIpc) is 2.72. The van der Waals surface area contributed by atoms with Gasteiger partial charge < -0.3 is 4.57 Å². The number of para-hydroxylation sites is 1. The molecule has 2 aromatic carbocycles. The standard InChI is InChI=1S/C15H10F3N/c1-19-14-5-3-2-4-9(14)6-15(19)10-7-12(17)13(18)8-11(10)16/h2-8H,1H3. The Hall–Kier alpha value is -2.23. The van der Waals surface area contributed by atoms with Crippen LogP contribution < -0.4 is 0 Å². The van der Waals surface area contributed by atoms with Gasteiger partial charge in [0.2, 0.25) is 0 Å². The number of hydrogen-bond acceptors (Lipinski definition) is 0. The molecule has 0 saturated carbocycles. The van der Waals surface area contributed by atoms with E-state index >= 15 is 0 Å². The number of fused-ring (bicyclic) bond motifs is 1. The normalized spacial score (nSPS) is 11.2. The Balaban J connectivity index is 2.30. The molecule has 0 aliphatic carbocycles. The van der Waals surface area contributed by atoms with Crippen molar-refractivity contribution in [3.63, 3.8) is 0 Å². The lowest BCUT2D eigenvalue weighted by Gasteiger charge is -2.06. The van der Waals surface area contributed by atoms with Crippen molar-refractivity contribution in [2.45, 2.75) is 0 Å². The maximum atomic E-state index is 13.8. The van der Waals surface area contributed by atoms with Gasteiger partial charge in [-0.15, -0.1) is 0 Å². The van der Waals surface area contributed by atoms with Crippen LogP contribution in [0.15, 0.2) is 42.5 Å². The molecule has 0 bridgehead atoms.